The topological polar surface area (TPSA) is 146 Å². The number of imide groups is 1. The van der Waals surface area contributed by atoms with Crippen molar-refractivity contribution in [3.63, 3.8) is 0 Å². The molecule has 0 radical (unpaired) electrons. The van der Waals surface area contributed by atoms with Gasteiger partial charge < -0.3 is 15.1 Å². The standard InChI is InChI=1S/C39H46ClN11O3/c1-23(2)51-34(53)10-5-26-17-27(19-41-37(26)51)43-36-31(40)20-42-39(45-36)50-16-15-49(24(3)21-50)22-25-11-13-48(14-12-25)28-6-7-29-32(18-28)47(4)46-35(29)30-8-9-33(52)44-38(30)54/h5-7,10,17-20,23-25,30H,8-9,11-16,21-22H2,1-4H3,(H,42,43,45)(H,44,52,54)/t24-,30?/m0/s1. The number of piperidine rings is 2. The summed E-state index contributed by atoms with van der Waals surface area (Å²) in [5.41, 5.74) is 4.21. The second-order valence-corrected chi connectivity index (χ2v) is 15.6. The summed E-state index contributed by atoms with van der Waals surface area (Å²) >= 11 is 6.56. The van der Waals surface area contributed by atoms with Gasteiger partial charge in [-0.25, -0.2) is 9.97 Å². The van der Waals surface area contributed by atoms with E-state index in [1.807, 2.05) is 31.6 Å². The van der Waals surface area contributed by atoms with Crippen molar-refractivity contribution in [3.8, 4) is 0 Å². The molecule has 0 bridgehead atoms. The fourth-order valence-corrected chi connectivity index (χ4v) is 8.42. The molecule has 5 aromatic rings. The number of nitrogens with one attached hydrogen (secondary N) is 2. The number of aryl methyl sites for hydroxylation is 1. The highest BCUT2D eigenvalue weighted by Crippen LogP contribution is 2.34. The zero-order chi connectivity index (χ0) is 37.7. The van der Waals surface area contributed by atoms with Crippen LogP contribution < -0.4 is 26.0 Å². The molecule has 0 spiro atoms. The summed E-state index contributed by atoms with van der Waals surface area (Å²) in [4.78, 5) is 58.0. The first kappa shape index (κ1) is 35.9. The van der Waals surface area contributed by atoms with Crippen molar-refractivity contribution in [2.45, 2.75) is 64.5 Å². The predicted molar refractivity (Wildman–Crippen MR) is 211 cm³/mol. The molecule has 7 heterocycles. The molecular formula is C39H46ClN11O3. The smallest absolute Gasteiger partial charge is 0.252 e. The Labute approximate surface area is 318 Å². The molecule has 8 rings (SSSR count). The lowest BCUT2D eigenvalue weighted by molar-refractivity contribution is -0.134. The molecule has 4 aromatic heterocycles. The van der Waals surface area contributed by atoms with Crippen LogP contribution in [0.2, 0.25) is 5.02 Å². The van der Waals surface area contributed by atoms with Crippen LogP contribution in [0.25, 0.3) is 21.9 Å². The molecule has 3 aliphatic heterocycles. The van der Waals surface area contributed by atoms with Gasteiger partial charge in [-0.2, -0.15) is 10.1 Å². The van der Waals surface area contributed by atoms with Crippen LogP contribution in [0.1, 0.15) is 64.1 Å². The number of aromatic nitrogens is 6. The minimum atomic E-state index is -0.404. The third-order valence-corrected chi connectivity index (χ3v) is 11.5. The Hall–Kier alpha value is -5.08. The van der Waals surface area contributed by atoms with Crippen LogP contribution >= 0.6 is 11.6 Å². The maximum absolute atomic E-state index is 12.6. The highest BCUT2D eigenvalue weighted by atomic mass is 35.5. The number of halogens is 1. The largest absolute Gasteiger partial charge is 0.371 e. The summed E-state index contributed by atoms with van der Waals surface area (Å²) in [6.07, 6.45) is 6.40. The maximum atomic E-state index is 12.6. The van der Waals surface area contributed by atoms with E-state index in [9.17, 15) is 14.4 Å². The Morgan fingerprint density at radius 1 is 0.963 bits per heavy atom. The third kappa shape index (κ3) is 7.00. The SMILES string of the molecule is CC(C)n1c(=O)ccc2cc(Nc3nc(N4CCN(CC5CCN(c6ccc7c(C8CCC(=O)NC8=O)nn(C)c7c6)CC5)[C@@H](C)C4)ncc3Cl)cnc21. The molecule has 0 saturated carbocycles. The molecule has 1 unspecified atom stereocenters. The van der Waals surface area contributed by atoms with Crippen LogP contribution in [-0.2, 0) is 16.6 Å². The summed E-state index contributed by atoms with van der Waals surface area (Å²) in [6.45, 7) is 11.8. The quantitative estimate of drug-likeness (QED) is 0.207. The summed E-state index contributed by atoms with van der Waals surface area (Å²) in [5.74, 6) is 0.888. The number of benzene rings is 1. The van der Waals surface area contributed by atoms with Gasteiger partial charge >= 0.3 is 0 Å². The number of rotatable bonds is 8. The van der Waals surface area contributed by atoms with Gasteiger partial charge in [0.25, 0.3) is 5.56 Å². The summed E-state index contributed by atoms with van der Waals surface area (Å²) in [7, 11) is 1.92. The number of carbonyl (C=O) groups excluding carboxylic acids is 2. The summed E-state index contributed by atoms with van der Waals surface area (Å²) in [5, 5.41) is 12.7. The molecule has 0 aliphatic carbocycles. The minimum absolute atomic E-state index is 0.00643. The van der Waals surface area contributed by atoms with Crippen LogP contribution in [0, 0.1) is 5.92 Å². The number of anilines is 4. The van der Waals surface area contributed by atoms with E-state index in [-0.39, 0.29) is 23.4 Å². The Morgan fingerprint density at radius 3 is 2.54 bits per heavy atom. The third-order valence-electron chi connectivity index (χ3n) is 11.2. The van der Waals surface area contributed by atoms with E-state index in [0.29, 0.717) is 47.2 Å². The second-order valence-electron chi connectivity index (χ2n) is 15.2. The van der Waals surface area contributed by atoms with Gasteiger partial charge in [-0.15, -0.1) is 0 Å². The van der Waals surface area contributed by atoms with Crippen molar-refractivity contribution in [1.29, 1.82) is 0 Å². The monoisotopic (exact) mass is 751 g/mol. The van der Waals surface area contributed by atoms with E-state index < -0.39 is 5.92 Å². The number of pyridine rings is 2. The maximum Gasteiger partial charge on any atom is 0.252 e. The number of carbonyl (C=O) groups is 2. The first-order valence-electron chi connectivity index (χ1n) is 18.9. The van der Waals surface area contributed by atoms with E-state index in [4.69, 9.17) is 21.7 Å². The normalized spacial score (nSPS) is 20.3. The molecule has 1 aromatic carbocycles. The molecule has 15 heteroatoms. The molecule has 3 aliphatic rings. The Morgan fingerprint density at radius 2 is 1.78 bits per heavy atom. The van der Waals surface area contributed by atoms with Gasteiger partial charge in [0.15, 0.2) is 5.82 Å². The van der Waals surface area contributed by atoms with Crippen LogP contribution in [0.15, 0.2) is 53.6 Å². The van der Waals surface area contributed by atoms with Crippen molar-refractivity contribution in [2.24, 2.45) is 13.0 Å². The molecule has 282 valence electrons. The van der Waals surface area contributed by atoms with E-state index in [1.54, 1.807) is 29.1 Å². The molecule has 3 saturated heterocycles. The Balaban J connectivity index is 0.867. The zero-order valence-electron chi connectivity index (χ0n) is 31.1. The van der Waals surface area contributed by atoms with Gasteiger partial charge in [0.1, 0.15) is 10.7 Å². The fourth-order valence-electron chi connectivity index (χ4n) is 8.28. The van der Waals surface area contributed by atoms with Crippen LogP contribution in [0.4, 0.5) is 23.1 Å². The predicted octanol–water partition coefficient (Wildman–Crippen LogP) is 5.00. The van der Waals surface area contributed by atoms with E-state index >= 15 is 0 Å². The Bertz CT molecular complexity index is 2300. The lowest BCUT2D eigenvalue weighted by atomic mass is 9.92. The average Bonchev–Trinajstić information content (AvgIpc) is 3.48. The Kier molecular flexibility index (Phi) is 9.73. The highest BCUT2D eigenvalue weighted by Gasteiger charge is 2.33. The number of amides is 2. The number of hydrogen-bond donors (Lipinski definition) is 2. The highest BCUT2D eigenvalue weighted by molar-refractivity contribution is 6.32. The van der Waals surface area contributed by atoms with Crippen molar-refractivity contribution in [2.75, 3.05) is 54.4 Å². The number of fused-ring (bicyclic) bond motifs is 2. The molecule has 3 fully saturated rings. The van der Waals surface area contributed by atoms with Crippen molar-refractivity contribution in [1.82, 2.24) is 39.5 Å². The minimum Gasteiger partial charge on any atom is -0.371 e. The summed E-state index contributed by atoms with van der Waals surface area (Å²) in [6, 6.07) is 12.0. The fraction of sp³-hybridized carbons (Fsp3) is 0.462. The first-order chi connectivity index (χ1) is 26.0. The first-order valence-corrected chi connectivity index (χ1v) is 19.3. The van der Waals surface area contributed by atoms with Crippen LogP contribution in [0.3, 0.4) is 0 Å². The lowest BCUT2D eigenvalue weighted by Crippen LogP contribution is -2.54. The van der Waals surface area contributed by atoms with Gasteiger partial charge in [0, 0.05) is 87.3 Å². The van der Waals surface area contributed by atoms with E-state index in [1.165, 1.54) is 5.69 Å². The van der Waals surface area contributed by atoms with Crippen molar-refractivity contribution in [3.05, 3.63) is 69.9 Å². The number of nitrogens with zero attached hydrogens (tertiary/aromatic N) is 9. The molecule has 14 nitrogen and oxygen atoms in total. The van der Waals surface area contributed by atoms with Crippen LogP contribution in [0.5, 0.6) is 0 Å². The van der Waals surface area contributed by atoms with Gasteiger partial charge in [-0.1, -0.05) is 11.6 Å². The van der Waals surface area contributed by atoms with E-state index in [0.717, 1.165) is 79.8 Å². The zero-order valence-corrected chi connectivity index (χ0v) is 31.9. The average molecular weight is 752 g/mol. The van der Waals surface area contributed by atoms with Gasteiger partial charge in [0.2, 0.25) is 17.8 Å². The molecule has 54 heavy (non-hydrogen) atoms. The second kappa shape index (κ2) is 14.6. The van der Waals surface area contributed by atoms with Crippen LogP contribution in [-0.4, -0.2) is 91.3 Å². The molecule has 2 atom stereocenters. The van der Waals surface area contributed by atoms with Gasteiger partial charge in [-0.3, -0.25) is 33.8 Å². The van der Waals surface area contributed by atoms with Crippen molar-refractivity contribution >= 4 is 68.5 Å². The summed E-state index contributed by atoms with van der Waals surface area (Å²) < 4.78 is 3.54. The molecule has 2 N–H and O–H groups in total. The lowest BCUT2D eigenvalue weighted by Gasteiger charge is -2.43. The van der Waals surface area contributed by atoms with E-state index in [2.05, 4.69) is 60.4 Å². The van der Waals surface area contributed by atoms with Gasteiger partial charge in [-0.05, 0) is 76.3 Å². The number of hydrogen-bond acceptors (Lipinski definition) is 11. The molecule has 2 amide bonds. The van der Waals surface area contributed by atoms with Crippen molar-refractivity contribution < 1.29 is 9.59 Å². The number of piperazine rings is 1. The van der Waals surface area contributed by atoms with Gasteiger partial charge in [0.05, 0.1) is 35.2 Å². The molecular weight excluding hydrogens is 706 g/mol.